The lowest BCUT2D eigenvalue weighted by atomic mass is 9.80. The van der Waals surface area contributed by atoms with Crippen molar-refractivity contribution in [3.05, 3.63) is 106 Å². The molecule has 6 heterocycles. The van der Waals surface area contributed by atoms with E-state index >= 15 is 0 Å². The SMILES string of the molecule is CC(C)(C)OC(=O)N1C2CCC1C(c1cnc(F)c(-c3ccc(S(C)(=O)=O)cc3)c1)C2.CC(C)(C)OC(=O)N1C2CCC1C(c1cnc(F)c(Br)c1)C2.O=S([O-])Cc1ccc(B(O)O)cc1. The highest BCUT2D eigenvalue weighted by atomic mass is 79.9. The van der Waals surface area contributed by atoms with E-state index in [1.54, 1.807) is 48.8 Å². The molecule has 8 rings (SSSR count). The minimum atomic E-state index is -3.33. The lowest BCUT2D eigenvalue weighted by Crippen LogP contribution is -2.40. The number of pyridine rings is 2. The second kappa shape index (κ2) is 20.5. The van der Waals surface area contributed by atoms with Crippen molar-refractivity contribution in [3.63, 3.8) is 0 Å². The van der Waals surface area contributed by atoms with Crippen molar-refractivity contribution in [1.82, 2.24) is 19.8 Å². The third-order valence-corrected chi connectivity index (χ3v) is 14.2. The summed E-state index contributed by atoms with van der Waals surface area (Å²) in [4.78, 5) is 36.8. The number of benzene rings is 2. The predicted octanol–water partition coefficient (Wildman–Crippen LogP) is 7.53. The van der Waals surface area contributed by atoms with Crippen molar-refractivity contribution in [3.8, 4) is 11.1 Å². The van der Waals surface area contributed by atoms with Gasteiger partial charge >= 0.3 is 19.3 Å². The number of aromatic nitrogens is 2. The number of amides is 2. The van der Waals surface area contributed by atoms with Crippen molar-refractivity contribution in [2.75, 3.05) is 6.26 Å². The van der Waals surface area contributed by atoms with Crippen LogP contribution in [0.3, 0.4) is 0 Å². The van der Waals surface area contributed by atoms with E-state index in [9.17, 15) is 35.5 Å². The molecule has 14 nitrogen and oxygen atoms in total. The Bertz CT molecular complexity index is 2530. The molecule has 4 fully saturated rings. The summed E-state index contributed by atoms with van der Waals surface area (Å²) in [5.41, 5.74) is 2.67. The van der Waals surface area contributed by atoms with Gasteiger partial charge in [-0.15, -0.1) is 0 Å². The van der Waals surface area contributed by atoms with Gasteiger partial charge in [-0.3, -0.25) is 4.21 Å². The van der Waals surface area contributed by atoms with Crippen LogP contribution in [0.25, 0.3) is 11.1 Å². The molecule has 4 saturated heterocycles. The summed E-state index contributed by atoms with van der Waals surface area (Å²) < 4.78 is 83.3. The Balaban J connectivity index is 0.000000179. The molecule has 2 amide bonds. The minimum absolute atomic E-state index is 0.00701. The monoisotopic (exact) mass is 1020 g/mol. The predicted molar refractivity (Wildman–Crippen MR) is 248 cm³/mol. The van der Waals surface area contributed by atoms with Crippen LogP contribution in [-0.4, -0.2) is 108 Å². The van der Waals surface area contributed by atoms with Gasteiger partial charge in [-0.25, -0.2) is 28.0 Å². The summed E-state index contributed by atoms with van der Waals surface area (Å²) in [5, 5.41) is 17.5. The molecule has 0 aliphatic carbocycles. The van der Waals surface area contributed by atoms with E-state index in [0.29, 0.717) is 26.6 Å². The molecule has 0 radical (unpaired) electrons. The number of nitrogens with zero attached hydrogens (tertiary/aromatic N) is 4. The fourth-order valence-corrected chi connectivity index (χ4v) is 10.7. The number of rotatable bonds is 7. The van der Waals surface area contributed by atoms with Crippen molar-refractivity contribution in [2.24, 2.45) is 0 Å². The molecule has 0 saturated carbocycles. The molecule has 356 valence electrons. The summed E-state index contributed by atoms with van der Waals surface area (Å²) in [6.07, 6.45) is 9.20. The molecule has 20 heteroatoms. The minimum Gasteiger partial charge on any atom is -0.772 e. The summed E-state index contributed by atoms with van der Waals surface area (Å²) in [7, 11) is -4.83. The number of halogens is 3. The van der Waals surface area contributed by atoms with Crippen LogP contribution < -0.4 is 5.46 Å². The lowest BCUT2D eigenvalue weighted by Gasteiger charge is -2.28. The average molecular weight is 1020 g/mol. The molecule has 4 aliphatic rings. The molecular formula is C46H55BBrF2N4O10S2-. The number of sulfone groups is 1. The van der Waals surface area contributed by atoms with Gasteiger partial charge in [0.1, 0.15) is 11.2 Å². The first-order chi connectivity index (χ1) is 30.8. The molecule has 4 bridgehead atoms. The number of hydrogen-bond donors (Lipinski definition) is 2. The smallest absolute Gasteiger partial charge is 0.488 e. The topological polar surface area (TPSA) is 200 Å². The van der Waals surface area contributed by atoms with Gasteiger partial charge in [0.15, 0.2) is 9.84 Å². The van der Waals surface area contributed by atoms with E-state index in [0.717, 1.165) is 55.9 Å². The highest BCUT2D eigenvalue weighted by Gasteiger charge is 2.51. The van der Waals surface area contributed by atoms with Crippen LogP contribution in [-0.2, 0) is 36.1 Å². The van der Waals surface area contributed by atoms with E-state index in [1.165, 1.54) is 24.3 Å². The molecule has 2 aromatic heterocycles. The van der Waals surface area contributed by atoms with E-state index in [2.05, 4.69) is 25.9 Å². The molecular weight excluding hydrogens is 961 g/mol. The Labute approximate surface area is 396 Å². The van der Waals surface area contributed by atoms with Gasteiger partial charge in [-0.2, -0.15) is 8.78 Å². The third kappa shape index (κ3) is 12.6. The summed E-state index contributed by atoms with van der Waals surface area (Å²) >= 11 is 1.08. The highest BCUT2D eigenvalue weighted by Crippen LogP contribution is 2.49. The van der Waals surface area contributed by atoms with Crippen LogP contribution in [0.15, 0.2) is 82.4 Å². The maximum atomic E-state index is 14.5. The second-order valence-corrected chi connectivity index (χ2v) is 22.8. The number of fused-ring (bicyclic) bond motifs is 4. The van der Waals surface area contributed by atoms with Crippen LogP contribution in [0.1, 0.15) is 109 Å². The molecule has 7 unspecified atom stereocenters. The van der Waals surface area contributed by atoms with Crippen LogP contribution in [0.2, 0.25) is 0 Å². The zero-order valence-corrected chi connectivity index (χ0v) is 41.0. The van der Waals surface area contributed by atoms with Gasteiger partial charge in [-0.1, -0.05) is 47.5 Å². The zero-order chi connectivity index (χ0) is 48.5. The van der Waals surface area contributed by atoms with E-state index < -0.39 is 51.1 Å². The number of ether oxygens (including phenoxy) is 2. The van der Waals surface area contributed by atoms with Gasteiger partial charge in [-0.05, 0) is 148 Å². The Morgan fingerprint density at radius 2 is 1.27 bits per heavy atom. The maximum absolute atomic E-state index is 14.5. The molecule has 66 heavy (non-hydrogen) atoms. The summed E-state index contributed by atoms with van der Waals surface area (Å²) in [6.45, 7) is 11.2. The van der Waals surface area contributed by atoms with Crippen molar-refractivity contribution >= 4 is 61.6 Å². The van der Waals surface area contributed by atoms with Gasteiger partial charge in [0.25, 0.3) is 0 Å². The summed E-state index contributed by atoms with van der Waals surface area (Å²) in [5.74, 6) is -0.898. The van der Waals surface area contributed by atoms with E-state index in [1.807, 2.05) is 51.3 Å². The van der Waals surface area contributed by atoms with Gasteiger partial charge < -0.3 is 33.9 Å². The first kappa shape index (κ1) is 51.1. The van der Waals surface area contributed by atoms with Crippen molar-refractivity contribution in [1.29, 1.82) is 0 Å². The standard InChI is InChI=1S/C23H27FN2O4S.C16H20BrFN2O2.C7H9BO4S/c1-23(2,3)30-22(27)26-16-7-10-20(26)18(12-16)15-11-19(21(24)25-13-15)14-5-8-17(9-6-14)31(4,28)29;1-16(2,3)22-15(21)20-10-4-5-13(20)11(7-10)9-6-12(17)14(18)19-8-9;9-8(10)7-3-1-6(2-4-7)5-13(11)12/h5-6,8-9,11,13,16,18,20H,7,10,12H2,1-4H3;6,8,10-11,13H,4-5,7H2,1-3H3;1-4,9-10H,5H2,(H,11,12)/p-1. The molecule has 4 aliphatic heterocycles. The number of hydrogen-bond acceptors (Lipinski definition) is 12. The number of carbonyl (C=O) groups excluding carboxylic acids is 2. The van der Waals surface area contributed by atoms with E-state index in [4.69, 9.17) is 19.5 Å². The Morgan fingerprint density at radius 1 is 0.803 bits per heavy atom. The molecule has 2 N–H and O–H groups in total. The maximum Gasteiger partial charge on any atom is 0.488 e. The Hall–Kier alpha value is -4.34. The lowest BCUT2D eigenvalue weighted by molar-refractivity contribution is 0.0201. The average Bonchev–Trinajstić information content (AvgIpc) is 4.01. The van der Waals surface area contributed by atoms with Crippen LogP contribution in [0.4, 0.5) is 18.4 Å². The zero-order valence-electron chi connectivity index (χ0n) is 37.8. The first-order valence-electron chi connectivity index (χ1n) is 21.6. The van der Waals surface area contributed by atoms with Gasteiger partial charge in [0, 0.05) is 66.0 Å². The van der Waals surface area contributed by atoms with Crippen molar-refractivity contribution in [2.45, 2.75) is 138 Å². The normalized spacial score (nSPS) is 22.5. The number of carbonyl (C=O) groups is 2. The first-order valence-corrected chi connectivity index (χ1v) is 25.5. The highest BCUT2D eigenvalue weighted by molar-refractivity contribution is 9.10. The Kier molecular flexibility index (Phi) is 15.9. The molecule has 4 aromatic rings. The van der Waals surface area contributed by atoms with Crippen LogP contribution in [0, 0.1) is 11.9 Å². The van der Waals surface area contributed by atoms with Crippen LogP contribution >= 0.6 is 15.9 Å². The second-order valence-electron chi connectivity index (χ2n) is 19.1. The third-order valence-electron chi connectivity index (χ3n) is 12.0. The van der Waals surface area contributed by atoms with Gasteiger partial charge in [0.2, 0.25) is 11.9 Å². The Morgan fingerprint density at radius 3 is 1.70 bits per heavy atom. The summed E-state index contributed by atoms with van der Waals surface area (Å²) in [6, 6.07) is 16.2. The van der Waals surface area contributed by atoms with E-state index in [-0.39, 0.29) is 58.8 Å². The largest absolute Gasteiger partial charge is 0.772 e. The van der Waals surface area contributed by atoms with Gasteiger partial charge in [0.05, 0.1) is 9.37 Å². The van der Waals surface area contributed by atoms with Crippen LogP contribution in [0.5, 0.6) is 0 Å². The van der Waals surface area contributed by atoms with Crippen molar-refractivity contribution < 1.29 is 55.1 Å². The molecule has 7 atom stereocenters. The molecule has 2 aromatic carbocycles. The quantitative estimate of drug-likeness (QED) is 0.105. The fourth-order valence-electron chi connectivity index (χ4n) is 9.20. The molecule has 0 spiro atoms. The fraction of sp³-hybridized carbons (Fsp3) is 0.478.